The Balaban J connectivity index is 1.59. The fraction of sp³-hybridized carbons (Fsp3) is 0.280. The molecular weight excluding hydrogens is 390 g/mol. The van der Waals surface area contributed by atoms with Gasteiger partial charge in [-0.3, -0.25) is 14.9 Å². The van der Waals surface area contributed by atoms with Crippen LogP contribution in [0.1, 0.15) is 43.0 Å². The van der Waals surface area contributed by atoms with Gasteiger partial charge in [-0.1, -0.05) is 56.3 Å². The molecule has 0 radical (unpaired) electrons. The summed E-state index contributed by atoms with van der Waals surface area (Å²) in [5.41, 5.74) is 3.29. The van der Waals surface area contributed by atoms with Crippen LogP contribution in [-0.2, 0) is 17.8 Å². The van der Waals surface area contributed by atoms with E-state index in [4.69, 9.17) is 0 Å². The van der Waals surface area contributed by atoms with Gasteiger partial charge in [-0.2, -0.15) is 4.57 Å². The number of hydrogen-bond acceptors (Lipinski definition) is 3. The Kier molecular flexibility index (Phi) is 7.49. The fourth-order valence-electron chi connectivity index (χ4n) is 3.52. The number of nitrogens with one attached hydrogen (secondary N) is 1. The molecular formula is C25H28N3O3+. The number of non-ortho nitro benzene ring substituents is 1. The topological polar surface area (TPSA) is 76.1 Å². The molecule has 0 spiro atoms. The van der Waals surface area contributed by atoms with Gasteiger partial charge in [0.25, 0.3) is 11.6 Å². The van der Waals surface area contributed by atoms with Crippen molar-refractivity contribution in [1.82, 2.24) is 5.32 Å². The average Bonchev–Trinajstić information content (AvgIpc) is 2.75. The molecule has 160 valence electrons. The number of rotatable bonds is 9. The molecule has 6 nitrogen and oxygen atoms in total. The second kappa shape index (κ2) is 10.5. The van der Waals surface area contributed by atoms with Crippen LogP contribution in [0.3, 0.4) is 0 Å². The zero-order valence-electron chi connectivity index (χ0n) is 17.9. The van der Waals surface area contributed by atoms with Crippen LogP contribution in [0.15, 0.2) is 79.1 Å². The quantitative estimate of drug-likeness (QED) is 0.318. The Labute approximate surface area is 182 Å². The van der Waals surface area contributed by atoms with Crippen molar-refractivity contribution in [3.05, 3.63) is 106 Å². The van der Waals surface area contributed by atoms with Gasteiger partial charge in [-0.15, -0.1) is 0 Å². The van der Waals surface area contributed by atoms with Gasteiger partial charge in [0, 0.05) is 24.3 Å². The van der Waals surface area contributed by atoms with E-state index >= 15 is 0 Å². The van der Waals surface area contributed by atoms with Crippen molar-refractivity contribution in [3.8, 4) is 0 Å². The van der Waals surface area contributed by atoms with E-state index in [0.29, 0.717) is 12.3 Å². The molecule has 1 aromatic heterocycles. The smallest absolute Gasteiger partial charge is 0.286 e. The highest BCUT2D eigenvalue weighted by atomic mass is 16.6. The normalized spacial score (nSPS) is 11.8. The molecule has 0 aliphatic rings. The minimum absolute atomic E-state index is 0.00397. The molecule has 3 aromatic rings. The van der Waals surface area contributed by atoms with E-state index in [1.165, 1.54) is 12.1 Å². The second-order valence-corrected chi connectivity index (χ2v) is 8.14. The number of carbonyl (C=O) groups is 1. The number of carbonyl (C=O) groups excluding carboxylic acids is 1. The van der Waals surface area contributed by atoms with Gasteiger partial charge in [0.1, 0.15) is 0 Å². The lowest BCUT2D eigenvalue weighted by Gasteiger charge is -2.20. The van der Waals surface area contributed by atoms with Crippen molar-refractivity contribution in [3.63, 3.8) is 0 Å². The number of nitrogens with zero attached hydrogens (tertiary/aromatic N) is 2. The highest BCUT2D eigenvalue weighted by Gasteiger charge is 2.18. The zero-order valence-corrected chi connectivity index (χ0v) is 17.9. The van der Waals surface area contributed by atoms with E-state index in [1.807, 2.05) is 59.4 Å². The van der Waals surface area contributed by atoms with E-state index in [1.54, 1.807) is 12.1 Å². The minimum atomic E-state index is -0.399. The van der Waals surface area contributed by atoms with Crippen LogP contribution in [0.4, 0.5) is 5.69 Å². The number of amides is 1. The van der Waals surface area contributed by atoms with Gasteiger partial charge in [0.15, 0.2) is 12.4 Å². The fourth-order valence-corrected chi connectivity index (χ4v) is 3.52. The van der Waals surface area contributed by atoms with E-state index in [2.05, 4.69) is 19.2 Å². The Morgan fingerprint density at radius 3 is 2.16 bits per heavy atom. The third-order valence-corrected chi connectivity index (χ3v) is 5.09. The first-order valence-corrected chi connectivity index (χ1v) is 10.5. The second-order valence-electron chi connectivity index (χ2n) is 8.14. The number of nitro groups is 1. The number of nitro benzene ring substituents is 1. The van der Waals surface area contributed by atoms with Crippen LogP contribution in [0.5, 0.6) is 0 Å². The Hall–Kier alpha value is -3.54. The predicted octanol–water partition coefficient (Wildman–Crippen LogP) is 4.38. The van der Waals surface area contributed by atoms with E-state index in [-0.39, 0.29) is 24.2 Å². The summed E-state index contributed by atoms with van der Waals surface area (Å²) < 4.78 is 1.85. The van der Waals surface area contributed by atoms with Gasteiger partial charge in [-0.25, -0.2) is 0 Å². The van der Waals surface area contributed by atoms with Crippen molar-refractivity contribution in [2.45, 2.75) is 39.3 Å². The van der Waals surface area contributed by atoms with Crippen molar-refractivity contribution in [1.29, 1.82) is 0 Å². The summed E-state index contributed by atoms with van der Waals surface area (Å²) in [6.07, 6.45) is 5.34. The third kappa shape index (κ3) is 6.74. The summed E-state index contributed by atoms with van der Waals surface area (Å²) in [6.45, 7) is 4.56. The van der Waals surface area contributed by atoms with E-state index in [0.717, 1.165) is 23.1 Å². The molecule has 2 aromatic carbocycles. The van der Waals surface area contributed by atoms with Crippen LogP contribution in [0.25, 0.3) is 0 Å². The number of pyridine rings is 1. The molecule has 0 aliphatic carbocycles. The molecule has 31 heavy (non-hydrogen) atoms. The molecule has 1 atom stereocenters. The van der Waals surface area contributed by atoms with Crippen LogP contribution in [-0.4, -0.2) is 10.8 Å². The molecule has 0 bridgehead atoms. The summed E-state index contributed by atoms with van der Waals surface area (Å²) >= 11 is 0. The summed E-state index contributed by atoms with van der Waals surface area (Å²) in [4.78, 5) is 23.0. The summed E-state index contributed by atoms with van der Waals surface area (Å²) in [7, 11) is 0. The SMILES string of the molecule is CC(C)CC(NC(=O)C[n+]1ccc(Cc2ccc([N+](=O)[O-])cc2)cc1)c1ccccc1. The first-order valence-electron chi connectivity index (χ1n) is 10.5. The van der Waals surface area contributed by atoms with Crippen molar-refractivity contribution < 1.29 is 14.3 Å². The average molecular weight is 419 g/mol. The summed E-state index contributed by atoms with van der Waals surface area (Å²) in [5.74, 6) is 0.444. The van der Waals surface area contributed by atoms with Gasteiger partial charge < -0.3 is 5.32 Å². The number of aromatic nitrogens is 1. The Morgan fingerprint density at radius 1 is 0.968 bits per heavy atom. The molecule has 1 amide bonds. The number of benzene rings is 2. The maximum Gasteiger partial charge on any atom is 0.286 e. The standard InChI is InChI=1S/C25H27N3O3/c1-19(2)16-24(22-6-4-3-5-7-22)26-25(29)18-27-14-12-21(13-15-27)17-20-8-10-23(11-9-20)28(30)31/h3-15,19,24H,16-18H2,1-2H3/p+1. The molecule has 0 fully saturated rings. The molecule has 1 N–H and O–H groups in total. The van der Waals surface area contributed by atoms with Crippen LogP contribution < -0.4 is 9.88 Å². The maximum atomic E-state index is 12.7. The Bertz CT molecular complexity index is 1000. The van der Waals surface area contributed by atoms with Crippen LogP contribution in [0, 0.1) is 16.0 Å². The minimum Gasteiger partial charge on any atom is -0.344 e. The lowest BCUT2D eigenvalue weighted by molar-refractivity contribution is -0.684. The van der Waals surface area contributed by atoms with E-state index in [9.17, 15) is 14.9 Å². The third-order valence-electron chi connectivity index (χ3n) is 5.09. The summed E-state index contributed by atoms with van der Waals surface area (Å²) in [6, 6.07) is 20.6. The maximum absolute atomic E-state index is 12.7. The highest BCUT2D eigenvalue weighted by molar-refractivity contribution is 5.74. The molecule has 1 heterocycles. The molecule has 0 aliphatic heterocycles. The van der Waals surface area contributed by atoms with Gasteiger partial charge in [-0.05, 0) is 35.4 Å². The molecule has 6 heteroatoms. The van der Waals surface area contributed by atoms with Crippen LogP contribution >= 0.6 is 0 Å². The highest BCUT2D eigenvalue weighted by Crippen LogP contribution is 2.21. The molecule has 1 unspecified atom stereocenters. The predicted molar refractivity (Wildman–Crippen MR) is 119 cm³/mol. The molecule has 0 saturated heterocycles. The lowest BCUT2D eigenvalue weighted by atomic mass is 9.97. The molecule has 3 rings (SSSR count). The van der Waals surface area contributed by atoms with Gasteiger partial charge in [0.2, 0.25) is 6.54 Å². The lowest BCUT2D eigenvalue weighted by Crippen LogP contribution is -2.43. The van der Waals surface area contributed by atoms with Crippen LogP contribution in [0.2, 0.25) is 0 Å². The van der Waals surface area contributed by atoms with Crippen molar-refractivity contribution in [2.24, 2.45) is 5.92 Å². The zero-order chi connectivity index (χ0) is 22.2. The molecule has 0 saturated carbocycles. The number of hydrogen-bond donors (Lipinski definition) is 1. The first-order chi connectivity index (χ1) is 14.9. The Morgan fingerprint density at radius 2 is 1.58 bits per heavy atom. The summed E-state index contributed by atoms with van der Waals surface area (Å²) in [5, 5.41) is 13.9. The first kappa shape index (κ1) is 22.2. The van der Waals surface area contributed by atoms with E-state index < -0.39 is 4.92 Å². The van der Waals surface area contributed by atoms with Gasteiger partial charge in [0.05, 0.1) is 11.0 Å². The van der Waals surface area contributed by atoms with Gasteiger partial charge >= 0.3 is 0 Å². The monoisotopic (exact) mass is 418 g/mol. The van der Waals surface area contributed by atoms with Crippen molar-refractivity contribution in [2.75, 3.05) is 0 Å². The largest absolute Gasteiger partial charge is 0.344 e. The van der Waals surface area contributed by atoms with Crippen molar-refractivity contribution >= 4 is 11.6 Å².